The van der Waals surface area contributed by atoms with Crippen molar-refractivity contribution in [1.82, 2.24) is 10.2 Å². The first kappa shape index (κ1) is 19.0. The summed E-state index contributed by atoms with van der Waals surface area (Å²) in [6, 6.07) is 12.3. The van der Waals surface area contributed by atoms with E-state index >= 15 is 0 Å². The van der Waals surface area contributed by atoms with Crippen LogP contribution in [0.2, 0.25) is 0 Å². The first-order valence-corrected chi connectivity index (χ1v) is 10.3. The van der Waals surface area contributed by atoms with Crippen LogP contribution in [0.25, 0.3) is 0 Å². The predicted molar refractivity (Wildman–Crippen MR) is 108 cm³/mol. The highest BCUT2D eigenvalue weighted by Crippen LogP contribution is 2.25. The molecule has 1 N–H and O–H groups in total. The Morgan fingerprint density at radius 1 is 1.04 bits per heavy atom. The van der Waals surface area contributed by atoms with E-state index in [2.05, 4.69) is 39.4 Å². The van der Waals surface area contributed by atoms with Crippen molar-refractivity contribution in [3.05, 3.63) is 54.0 Å². The van der Waals surface area contributed by atoms with Gasteiger partial charge < -0.3 is 19.4 Å². The summed E-state index contributed by atoms with van der Waals surface area (Å²) in [5.41, 5.74) is 2.23. The monoisotopic (exact) mass is 383 g/mol. The van der Waals surface area contributed by atoms with Gasteiger partial charge >= 0.3 is 0 Å². The molecule has 150 valence electrons. The molecule has 6 heteroatoms. The molecule has 3 heterocycles. The quantitative estimate of drug-likeness (QED) is 0.797. The highest BCUT2D eigenvalue weighted by Gasteiger charge is 2.25. The maximum Gasteiger partial charge on any atom is 0.224 e. The first-order chi connectivity index (χ1) is 13.8. The van der Waals surface area contributed by atoms with E-state index in [9.17, 15) is 4.79 Å². The molecule has 0 spiro atoms. The highest BCUT2D eigenvalue weighted by atomic mass is 16.5. The molecule has 6 nitrogen and oxygen atoms in total. The number of ether oxygens (including phenoxy) is 1. The molecule has 0 saturated carbocycles. The van der Waals surface area contributed by atoms with Crippen LogP contribution >= 0.6 is 0 Å². The van der Waals surface area contributed by atoms with Crippen LogP contribution in [0, 0.1) is 0 Å². The Morgan fingerprint density at radius 2 is 1.79 bits per heavy atom. The van der Waals surface area contributed by atoms with E-state index in [4.69, 9.17) is 9.15 Å². The van der Waals surface area contributed by atoms with Crippen LogP contribution in [0.1, 0.15) is 30.2 Å². The van der Waals surface area contributed by atoms with E-state index < -0.39 is 0 Å². The number of rotatable bonds is 7. The molecule has 2 saturated heterocycles. The maximum atomic E-state index is 12.5. The second-order valence-corrected chi connectivity index (χ2v) is 7.52. The average Bonchev–Trinajstić information content (AvgIpc) is 3.44. The molecule has 0 bridgehead atoms. The molecule has 0 radical (unpaired) electrons. The van der Waals surface area contributed by atoms with Crippen LogP contribution in [0.3, 0.4) is 0 Å². The molecule has 1 atom stereocenters. The SMILES string of the molecule is O=C(Cc1ccc(N2CCOCC2)cc1)NCC(c1ccco1)N1CCCC1. The lowest BCUT2D eigenvalue weighted by Gasteiger charge is -2.29. The molecule has 2 aliphatic heterocycles. The van der Waals surface area contributed by atoms with Gasteiger partial charge in [0.2, 0.25) is 5.91 Å². The van der Waals surface area contributed by atoms with Gasteiger partial charge in [0.15, 0.2) is 0 Å². The minimum Gasteiger partial charge on any atom is -0.468 e. The van der Waals surface area contributed by atoms with E-state index in [0.717, 1.165) is 50.7 Å². The van der Waals surface area contributed by atoms with Crippen molar-refractivity contribution in [2.45, 2.75) is 25.3 Å². The Balaban J connectivity index is 1.30. The third-order valence-electron chi connectivity index (χ3n) is 5.62. The molecule has 1 aromatic heterocycles. The topological polar surface area (TPSA) is 58.0 Å². The zero-order chi connectivity index (χ0) is 19.2. The lowest BCUT2D eigenvalue weighted by molar-refractivity contribution is -0.120. The lowest BCUT2D eigenvalue weighted by atomic mass is 10.1. The standard InChI is InChI=1S/C22H29N3O3/c26-22(16-18-5-7-19(8-6-18)24-11-14-27-15-12-24)23-17-20(21-4-3-13-28-21)25-9-1-2-10-25/h3-8,13,20H,1-2,9-12,14-17H2,(H,23,26). The highest BCUT2D eigenvalue weighted by molar-refractivity contribution is 5.78. The van der Waals surface area contributed by atoms with Gasteiger partial charge in [0, 0.05) is 25.3 Å². The Labute approximate surface area is 166 Å². The normalized spacial score (nSPS) is 18.9. The van der Waals surface area contributed by atoms with Gasteiger partial charge in [-0.15, -0.1) is 0 Å². The fraction of sp³-hybridized carbons (Fsp3) is 0.500. The van der Waals surface area contributed by atoms with Gasteiger partial charge in [-0.1, -0.05) is 12.1 Å². The van der Waals surface area contributed by atoms with Gasteiger partial charge in [-0.05, 0) is 55.8 Å². The number of nitrogens with zero attached hydrogens (tertiary/aromatic N) is 2. The average molecular weight is 383 g/mol. The number of carbonyl (C=O) groups excluding carboxylic acids is 1. The summed E-state index contributed by atoms with van der Waals surface area (Å²) in [5, 5.41) is 3.11. The van der Waals surface area contributed by atoms with Crippen molar-refractivity contribution in [2.75, 3.05) is 50.8 Å². The van der Waals surface area contributed by atoms with Crippen molar-refractivity contribution >= 4 is 11.6 Å². The fourth-order valence-electron chi connectivity index (χ4n) is 4.05. The Kier molecular flexibility index (Phi) is 6.29. The van der Waals surface area contributed by atoms with Crippen LogP contribution in [0.5, 0.6) is 0 Å². The molecule has 0 aliphatic carbocycles. The van der Waals surface area contributed by atoms with E-state index in [1.807, 2.05) is 12.1 Å². The second-order valence-electron chi connectivity index (χ2n) is 7.52. The molecular weight excluding hydrogens is 354 g/mol. The Morgan fingerprint density at radius 3 is 2.46 bits per heavy atom. The van der Waals surface area contributed by atoms with E-state index in [0.29, 0.717) is 13.0 Å². The molecular formula is C22H29N3O3. The third-order valence-corrected chi connectivity index (χ3v) is 5.62. The van der Waals surface area contributed by atoms with Gasteiger partial charge in [0.05, 0.1) is 31.9 Å². The number of furan rings is 1. The zero-order valence-corrected chi connectivity index (χ0v) is 16.3. The van der Waals surface area contributed by atoms with Gasteiger partial charge in [-0.2, -0.15) is 0 Å². The van der Waals surface area contributed by atoms with E-state index in [1.165, 1.54) is 18.5 Å². The first-order valence-electron chi connectivity index (χ1n) is 10.3. The molecule has 1 aromatic carbocycles. The minimum atomic E-state index is 0.0508. The molecule has 1 unspecified atom stereocenters. The van der Waals surface area contributed by atoms with E-state index in [1.54, 1.807) is 6.26 Å². The number of nitrogens with one attached hydrogen (secondary N) is 1. The number of anilines is 1. The lowest BCUT2D eigenvalue weighted by Crippen LogP contribution is -2.37. The smallest absolute Gasteiger partial charge is 0.224 e. The van der Waals surface area contributed by atoms with Crippen molar-refractivity contribution in [2.24, 2.45) is 0 Å². The van der Waals surface area contributed by atoms with Gasteiger partial charge in [-0.3, -0.25) is 9.69 Å². The number of carbonyl (C=O) groups is 1. The maximum absolute atomic E-state index is 12.5. The van der Waals surface area contributed by atoms with Crippen molar-refractivity contribution in [3.63, 3.8) is 0 Å². The molecule has 2 aliphatic rings. The Hall–Kier alpha value is -2.31. The second kappa shape index (κ2) is 9.26. The number of likely N-dealkylation sites (tertiary alicyclic amines) is 1. The van der Waals surface area contributed by atoms with Crippen molar-refractivity contribution in [3.8, 4) is 0 Å². The Bertz CT molecular complexity index is 733. The van der Waals surface area contributed by atoms with Gasteiger partial charge in [0.25, 0.3) is 0 Å². The number of amides is 1. The number of hydrogen-bond donors (Lipinski definition) is 1. The summed E-state index contributed by atoms with van der Waals surface area (Å²) < 4.78 is 11.0. The van der Waals surface area contributed by atoms with Crippen LogP contribution in [-0.2, 0) is 16.0 Å². The molecule has 4 rings (SSSR count). The molecule has 28 heavy (non-hydrogen) atoms. The van der Waals surface area contributed by atoms with Crippen LogP contribution in [0.15, 0.2) is 47.1 Å². The summed E-state index contributed by atoms with van der Waals surface area (Å²) in [6.45, 7) is 6.09. The molecule has 1 amide bonds. The summed E-state index contributed by atoms with van der Waals surface area (Å²) in [7, 11) is 0. The van der Waals surface area contributed by atoms with Crippen molar-refractivity contribution in [1.29, 1.82) is 0 Å². The summed E-state index contributed by atoms with van der Waals surface area (Å²) in [6.07, 6.45) is 4.52. The largest absolute Gasteiger partial charge is 0.468 e. The van der Waals surface area contributed by atoms with Gasteiger partial charge in [-0.25, -0.2) is 0 Å². The van der Waals surface area contributed by atoms with E-state index in [-0.39, 0.29) is 11.9 Å². The predicted octanol–water partition coefficient (Wildman–Crippen LogP) is 2.61. The number of benzene rings is 1. The van der Waals surface area contributed by atoms with Gasteiger partial charge in [0.1, 0.15) is 5.76 Å². The summed E-state index contributed by atoms with van der Waals surface area (Å²) >= 11 is 0. The number of morpholine rings is 1. The summed E-state index contributed by atoms with van der Waals surface area (Å²) in [5.74, 6) is 0.979. The number of hydrogen-bond acceptors (Lipinski definition) is 5. The van der Waals surface area contributed by atoms with Crippen LogP contribution < -0.4 is 10.2 Å². The molecule has 2 aromatic rings. The zero-order valence-electron chi connectivity index (χ0n) is 16.3. The molecule has 2 fully saturated rings. The van der Waals surface area contributed by atoms with Crippen LogP contribution in [0.4, 0.5) is 5.69 Å². The minimum absolute atomic E-state index is 0.0508. The third kappa shape index (κ3) is 4.75. The van der Waals surface area contributed by atoms with Crippen molar-refractivity contribution < 1.29 is 13.9 Å². The fourth-order valence-corrected chi connectivity index (χ4v) is 4.05. The summed E-state index contributed by atoms with van der Waals surface area (Å²) in [4.78, 5) is 17.2. The van der Waals surface area contributed by atoms with Crippen LogP contribution in [-0.4, -0.2) is 56.7 Å².